The van der Waals surface area contributed by atoms with Crippen molar-refractivity contribution in [2.45, 2.75) is 63.3 Å². The van der Waals surface area contributed by atoms with Crippen LogP contribution in [0, 0.1) is 13.8 Å². The lowest BCUT2D eigenvalue weighted by atomic mass is 10.1. The third-order valence-corrected chi connectivity index (χ3v) is 7.39. The van der Waals surface area contributed by atoms with E-state index < -0.39 is 0 Å². The van der Waals surface area contributed by atoms with Gasteiger partial charge in [-0.25, -0.2) is 9.97 Å². The molecule has 1 fully saturated rings. The maximum atomic E-state index is 4.81. The molecule has 3 nitrogen and oxygen atoms in total. The fraction of sp³-hybridized carbons (Fsp3) is 0.750. The lowest BCUT2D eigenvalue weighted by Crippen LogP contribution is -2.24. The van der Waals surface area contributed by atoms with Crippen LogP contribution in [0.1, 0.15) is 55.2 Å². The molecule has 0 aromatic carbocycles. The molecule has 2 heterocycles. The molecule has 1 aromatic heterocycles. The van der Waals surface area contributed by atoms with Gasteiger partial charge in [0.2, 0.25) is 0 Å². The summed E-state index contributed by atoms with van der Waals surface area (Å²) in [4.78, 5) is 9.62. The molecule has 0 amide bonds. The summed E-state index contributed by atoms with van der Waals surface area (Å²) in [5.74, 6) is 2.16. The van der Waals surface area contributed by atoms with Gasteiger partial charge in [0.15, 0.2) is 0 Å². The van der Waals surface area contributed by atoms with E-state index in [0.717, 1.165) is 47.7 Å². The molecule has 0 radical (unpaired) electrons. The van der Waals surface area contributed by atoms with Gasteiger partial charge >= 0.3 is 0 Å². The van der Waals surface area contributed by atoms with E-state index in [1.54, 1.807) is 0 Å². The van der Waals surface area contributed by atoms with E-state index in [2.05, 4.69) is 39.9 Å². The maximum Gasteiger partial charge on any atom is 0.142 e. The summed E-state index contributed by atoms with van der Waals surface area (Å²) in [6.07, 6.45) is 1.16. The first-order valence-electron chi connectivity index (χ1n) is 7.84. The van der Waals surface area contributed by atoms with E-state index in [1.807, 2.05) is 23.5 Å². The molecule has 0 saturated carbocycles. The molecule has 1 N–H and O–H groups in total. The summed E-state index contributed by atoms with van der Waals surface area (Å²) in [7, 11) is 0. The van der Waals surface area contributed by atoms with Crippen molar-refractivity contribution >= 4 is 23.5 Å². The van der Waals surface area contributed by atoms with Crippen molar-refractivity contribution in [1.29, 1.82) is 0 Å². The Morgan fingerprint density at radius 3 is 2.38 bits per heavy atom. The number of hydrogen-bond acceptors (Lipinski definition) is 5. The molecule has 1 aliphatic heterocycles. The fourth-order valence-corrected chi connectivity index (χ4v) is 5.32. The van der Waals surface area contributed by atoms with Crippen molar-refractivity contribution < 1.29 is 0 Å². The van der Waals surface area contributed by atoms with E-state index in [9.17, 15) is 0 Å². The zero-order chi connectivity index (χ0) is 15.4. The zero-order valence-corrected chi connectivity index (χ0v) is 15.4. The van der Waals surface area contributed by atoms with Crippen LogP contribution in [0.25, 0.3) is 0 Å². The molecule has 0 spiro atoms. The van der Waals surface area contributed by atoms with Crippen LogP contribution in [0.5, 0.6) is 0 Å². The molecule has 21 heavy (non-hydrogen) atoms. The third kappa shape index (κ3) is 4.36. The molecular weight excluding hydrogens is 298 g/mol. The normalized spacial score (nSPS) is 26.0. The molecule has 3 unspecified atom stereocenters. The smallest absolute Gasteiger partial charge is 0.142 e. The number of nitrogens with one attached hydrogen (secondary N) is 1. The highest BCUT2D eigenvalue weighted by molar-refractivity contribution is 8.07. The van der Waals surface area contributed by atoms with Gasteiger partial charge in [0.05, 0.1) is 5.25 Å². The fourth-order valence-electron chi connectivity index (χ4n) is 2.47. The Kier molecular flexibility index (Phi) is 6.38. The molecule has 0 bridgehead atoms. The van der Waals surface area contributed by atoms with Crippen molar-refractivity contribution in [3.63, 3.8) is 0 Å². The molecule has 2 rings (SSSR count). The van der Waals surface area contributed by atoms with Gasteiger partial charge in [-0.15, -0.1) is 11.8 Å². The first-order valence-corrected chi connectivity index (χ1v) is 9.83. The van der Waals surface area contributed by atoms with Crippen LogP contribution in [0.4, 0.5) is 0 Å². The van der Waals surface area contributed by atoms with Crippen LogP contribution >= 0.6 is 23.5 Å². The Hall–Kier alpha value is -0.260. The van der Waals surface area contributed by atoms with Gasteiger partial charge in [0, 0.05) is 39.7 Å². The van der Waals surface area contributed by atoms with Crippen molar-refractivity contribution in [2.24, 2.45) is 0 Å². The topological polar surface area (TPSA) is 37.8 Å². The molecule has 3 atom stereocenters. The van der Waals surface area contributed by atoms with Gasteiger partial charge in [-0.2, -0.15) is 11.8 Å². The van der Waals surface area contributed by atoms with Gasteiger partial charge in [-0.05, 0) is 26.8 Å². The molecule has 5 heteroatoms. The minimum absolute atomic E-state index is 0.441. The monoisotopic (exact) mass is 325 g/mol. The number of nitrogens with zero attached hydrogens (tertiary/aromatic N) is 2. The molecular formula is C16H27N3S2. The van der Waals surface area contributed by atoms with Crippen LogP contribution in [0.15, 0.2) is 0 Å². The van der Waals surface area contributed by atoms with Gasteiger partial charge < -0.3 is 5.32 Å². The minimum Gasteiger partial charge on any atom is -0.313 e. The Labute approximate surface area is 137 Å². The molecule has 0 aliphatic carbocycles. The highest BCUT2D eigenvalue weighted by atomic mass is 32.2. The van der Waals surface area contributed by atoms with Gasteiger partial charge in [-0.3, -0.25) is 0 Å². The summed E-state index contributed by atoms with van der Waals surface area (Å²) >= 11 is 4.08. The third-order valence-electron chi connectivity index (χ3n) is 4.00. The van der Waals surface area contributed by atoms with Crippen molar-refractivity contribution in [3.05, 3.63) is 22.8 Å². The van der Waals surface area contributed by atoms with Gasteiger partial charge in [0.1, 0.15) is 5.82 Å². The number of aryl methyl sites for hydroxylation is 2. The van der Waals surface area contributed by atoms with Gasteiger partial charge in [0.25, 0.3) is 0 Å². The van der Waals surface area contributed by atoms with Crippen molar-refractivity contribution in [2.75, 3.05) is 12.3 Å². The average Bonchev–Trinajstić information content (AvgIpc) is 2.44. The van der Waals surface area contributed by atoms with E-state index in [1.165, 1.54) is 5.56 Å². The Balaban J connectivity index is 2.12. The second kappa shape index (κ2) is 7.84. The minimum atomic E-state index is 0.441. The standard InChI is InChI=1S/C16H27N3S2/c1-6-7-17-8-14-10(2)18-16(19-11(14)3)15-9-20-12(4)13(5)21-15/h12-13,15,17H,6-9H2,1-5H3. The van der Waals surface area contributed by atoms with Crippen LogP contribution < -0.4 is 5.32 Å². The quantitative estimate of drug-likeness (QED) is 0.831. The maximum absolute atomic E-state index is 4.81. The van der Waals surface area contributed by atoms with Crippen LogP contribution in [-0.2, 0) is 6.54 Å². The van der Waals surface area contributed by atoms with Crippen molar-refractivity contribution in [1.82, 2.24) is 15.3 Å². The van der Waals surface area contributed by atoms with Crippen LogP contribution in [-0.4, -0.2) is 32.8 Å². The van der Waals surface area contributed by atoms with Gasteiger partial charge in [-0.1, -0.05) is 20.8 Å². The Morgan fingerprint density at radius 2 is 1.81 bits per heavy atom. The highest BCUT2D eigenvalue weighted by Gasteiger charge is 2.29. The van der Waals surface area contributed by atoms with Crippen LogP contribution in [0.2, 0.25) is 0 Å². The largest absolute Gasteiger partial charge is 0.313 e. The van der Waals surface area contributed by atoms with Crippen LogP contribution in [0.3, 0.4) is 0 Å². The highest BCUT2D eigenvalue weighted by Crippen LogP contribution is 2.43. The van der Waals surface area contributed by atoms with E-state index in [4.69, 9.17) is 9.97 Å². The van der Waals surface area contributed by atoms with Crippen molar-refractivity contribution in [3.8, 4) is 0 Å². The SMILES string of the molecule is CCCNCc1c(C)nc(C2CSC(C)C(C)S2)nc1C. The average molecular weight is 326 g/mol. The van der Waals surface area contributed by atoms with E-state index in [-0.39, 0.29) is 0 Å². The number of thioether (sulfide) groups is 2. The number of aromatic nitrogens is 2. The summed E-state index contributed by atoms with van der Waals surface area (Å²) < 4.78 is 0. The first-order chi connectivity index (χ1) is 10.0. The second-order valence-corrected chi connectivity index (χ2v) is 8.77. The predicted molar refractivity (Wildman–Crippen MR) is 95.2 cm³/mol. The number of hydrogen-bond donors (Lipinski definition) is 1. The summed E-state index contributed by atoms with van der Waals surface area (Å²) in [6, 6.07) is 0. The lowest BCUT2D eigenvalue weighted by molar-refractivity contribution is 0.662. The summed E-state index contributed by atoms with van der Waals surface area (Å²) in [5, 5.41) is 5.29. The molecule has 1 aromatic rings. The predicted octanol–water partition coefficient (Wildman–Crippen LogP) is 3.89. The summed E-state index contributed by atoms with van der Waals surface area (Å²) in [6.45, 7) is 13.0. The van der Waals surface area contributed by atoms with E-state index >= 15 is 0 Å². The summed E-state index contributed by atoms with van der Waals surface area (Å²) in [5.41, 5.74) is 3.54. The number of rotatable bonds is 5. The molecule has 1 saturated heterocycles. The lowest BCUT2D eigenvalue weighted by Gasteiger charge is -2.30. The zero-order valence-electron chi connectivity index (χ0n) is 13.8. The first kappa shape index (κ1) is 17.1. The Morgan fingerprint density at radius 1 is 1.14 bits per heavy atom. The van der Waals surface area contributed by atoms with E-state index in [0.29, 0.717) is 10.5 Å². The molecule has 118 valence electrons. The Bertz CT molecular complexity index is 456. The second-order valence-electron chi connectivity index (χ2n) is 5.78. The molecule has 1 aliphatic rings.